The highest BCUT2D eigenvalue weighted by molar-refractivity contribution is 5.76. The summed E-state index contributed by atoms with van der Waals surface area (Å²) in [5.41, 5.74) is 1.25. The van der Waals surface area contributed by atoms with Gasteiger partial charge in [0, 0.05) is 18.3 Å². The fourth-order valence-corrected chi connectivity index (χ4v) is 12.3. The van der Waals surface area contributed by atoms with Gasteiger partial charge in [-0.05, 0) is 116 Å². The van der Waals surface area contributed by atoms with Crippen LogP contribution in [0.2, 0.25) is 0 Å². The fourth-order valence-electron chi connectivity index (χ4n) is 12.3. The topological polar surface area (TPSA) is 101 Å². The zero-order valence-corrected chi connectivity index (χ0v) is 30.1. The molecule has 5 rings (SSSR count). The van der Waals surface area contributed by atoms with Crippen LogP contribution in [-0.4, -0.2) is 34.2 Å². The van der Waals surface area contributed by atoms with E-state index in [4.69, 9.17) is 9.84 Å². The van der Waals surface area contributed by atoms with Gasteiger partial charge in [0.05, 0.1) is 5.41 Å². The Labute approximate surface area is 278 Å². The first kappa shape index (κ1) is 35.5. The van der Waals surface area contributed by atoms with E-state index < -0.39 is 17.4 Å². The van der Waals surface area contributed by atoms with Gasteiger partial charge in [-0.25, -0.2) is 0 Å². The molecule has 260 valence electrons. The van der Waals surface area contributed by atoms with E-state index in [-0.39, 0.29) is 51.5 Å². The first-order valence-electron chi connectivity index (χ1n) is 18.8. The van der Waals surface area contributed by atoms with Crippen molar-refractivity contribution in [3.05, 3.63) is 11.6 Å². The molecule has 6 heteroatoms. The van der Waals surface area contributed by atoms with E-state index in [1.807, 2.05) is 0 Å². The third-order valence-electron chi connectivity index (χ3n) is 15.3. The van der Waals surface area contributed by atoms with Crippen molar-refractivity contribution in [3.63, 3.8) is 0 Å². The lowest BCUT2D eigenvalue weighted by molar-refractivity contribution is -0.214. The van der Waals surface area contributed by atoms with Gasteiger partial charge < -0.3 is 14.9 Å². The molecule has 5 aliphatic rings. The number of unbranched alkanes of at least 4 members (excludes halogenated alkanes) is 5. The molecule has 0 aromatic heterocycles. The van der Waals surface area contributed by atoms with Crippen molar-refractivity contribution in [1.29, 1.82) is 0 Å². The molecule has 0 amide bonds. The maximum atomic E-state index is 13.0. The minimum Gasteiger partial charge on any atom is -0.481 e. The van der Waals surface area contributed by atoms with Crippen molar-refractivity contribution < 1.29 is 29.3 Å². The second-order valence-corrected chi connectivity index (χ2v) is 18.5. The van der Waals surface area contributed by atoms with Crippen LogP contribution in [0.3, 0.4) is 0 Å². The SMILES string of the molecule is CC1(C)CC[C@]2(C(=O)O)CC[C@]3(C)C(=CC[C@@H]4[C@@]5(C)CC[C@H](OC(=O)CCCCCCCCC(=O)O)C(C)(C)[C@@H]5CC[C@]43C)[C@@H]2C1. The predicted octanol–water partition coefficient (Wildman–Crippen LogP) is 9.99. The molecular weight excluding hydrogens is 576 g/mol. The second-order valence-electron chi connectivity index (χ2n) is 18.5. The maximum absolute atomic E-state index is 13.0. The van der Waals surface area contributed by atoms with E-state index in [0.29, 0.717) is 18.3 Å². The molecule has 46 heavy (non-hydrogen) atoms. The van der Waals surface area contributed by atoms with Crippen LogP contribution in [-0.2, 0) is 19.1 Å². The summed E-state index contributed by atoms with van der Waals surface area (Å²) in [4.78, 5) is 36.6. The molecule has 0 unspecified atom stereocenters. The second kappa shape index (κ2) is 12.6. The largest absolute Gasteiger partial charge is 0.481 e. The molecule has 4 saturated carbocycles. The standard InChI is InChI=1S/C40H64O6/c1-35(2)22-24-40(34(44)45)25-23-38(6)27(28(40)26-35)16-17-30-37(5)20-19-31(36(3,4)29(37)18-21-39(30,38)7)46-33(43)15-13-11-9-8-10-12-14-32(41)42/h16,28-31H,8-15,17-26H2,1-7H3,(H,41,42)(H,44,45)/t28-,29-,30+,31-,37-,38+,39+,40-/m0/s1. The van der Waals surface area contributed by atoms with Crippen LogP contribution >= 0.6 is 0 Å². The Bertz CT molecular complexity index is 1220. The molecule has 0 aromatic rings. The molecule has 0 saturated heterocycles. The number of carboxylic acid groups (broad SMARTS) is 2. The van der Waals surface area contributed by atoms with Crippen LogP contribution in [0.15, 0.2) is 11.6 Å². The molecule has 8 atom stereocenters. The van der Waals surface area contributed by atoms with Gasteiger partial charge in [0.2, 0.25) is 0 Å². The monoisotopic (exact) mass is 640 g/mol. The highest BCUT2D eigenvalue weighted by atomic mass is 16.5. The lowest BCUT2D eigenvalue weighted by Gasteiger charge is -2.71. The number of carbonyl (C=O) groups excluding carboxylic acids is 1. The van der Waals surface area contributed by atoms with E-state index in [2.05, 4.69) is 54.5 Å². The van der Waals surface area contributed by atoms with E-state index in [1.54, 1.807) is 0 Å². The Morgan fingerprint density at radius 2 is 1.39 bits per heavy atom. The number of hydrogen-bond donors (Lipinski definition) is 2. The fraction of sp³-hybridized carbons (Fsp3) is 0.875. The van der Waals surface area contributed by atoms with Crippen LogP contribution in [0.1, 0.15) is 164 Å². The third-order valence-corrected chi connectivity index (χ3v) is 15.3. The average Bonchev–Trinajstić information content (AvgIpc) is 2.95. The average molecular weight is 641 g/mol. The molecule has 0 aromatic carbocycles. The van der Waals surface area contributed by atoms with Gasteiger partial charge >= 0.3 is 17.9 Å². The molecule has 0 aliphatic heterocycles. The van der Waals surface area contributed by atoms with E-state index in [9.17, 15) is 19.5 Å². The zero-order valence-electron chi connectivity index (χ0n) is 30.1. The normalized spacial score (nSPS) is 40.7. The summed E-state index contributed by atoms with van der Waals surface area (Å²) < 4.78 is 6.28. The number of aliphatic carboxylic acids is 2. The van der Waals surface area contributed by atoms with Crippen molar-refractivity contribution in [2.45, 2.75) is 170 Å². The summed E-state index contributed by atoms with van der Waals surface area (Å²) in [6, 6.07) is 0. The highest BCUT2D eigenvalue weighted by Gasteiger charge is 2.69. The van der Waals surface area contributed by atoms with Crippen molar-refractivity contribution >= 4 is 17.9 Å². The first-order chi connectivity index (χ1) is 21.4. The van der Waals surface area contributed by atoms with Gasteiger partial charge in [-0.1, -0.05) is 85.8 Å². The van der Waals surface area contributed by atoms with E-state index in [0.717, 1.165) is 103 Å². The van der Waals surface area contributed by atoms with Gasteiger partial charge in [0.15, 0.2) is 0 Å². The molecular formula is C40H64O6. The molecule has 0 heterocycles. The quantitative estimate of drug-likeness (QED) is 0.132. The number of fused-ring (bicyclic) bond motifs is 7. The predicted molar refractivity (Wildman–Crippen MR) is 181 cm³/mol. The zero-order chi connectivity index (χ0) is 33.8. The third kappa shape index (κ3) is 5.88. The van der Waals surface area contributed by atoms with Crippen molar-refractivity contribution in [1.82, 2.24) is 0 Å². The van der Waals surface area contributed by atoms with Crippen molar-refractivity contribution in [2.24, 2.45) is 50.2 Å². The Hall–Kier alpha value is -1.85. The number of rotatable bonds is 11. The summed E-state index contributed by atoms with van der Waals surface area (Å²) in [6.45, 7) is 17.0. The van der Waals surface area contributed by atoms with Crippen LogP contribution in [0.25, 0.3) is 0 Å². The molecule has 0 radical (unpaired) electrons. The minimum atomic E-state index is -0.726. The summed E-state index contributed by atoms with van der Waals surface area (Å²) in [6.07, 6.45) is 18.6. The van der Waals surface area contributed by atoms with E-state index >= 15 is 0 Å². The lowest BCUT2D eigenvalue weighted by atomic mass is 9.33. The van der Waals surface area contributed by atoms with Gasteiger partial charge in [-0.3, -0.25) is 14.4 Å². The number of ether oxygens (including phenoxy) is 1. The summed E-state index contributed by atoms with van der Waals surface area (Å²) >= 11 is 0. The molecule has 5 aliphatic carbocycles. The van der Waals surface area contributed by atoms with Crippen LogP contribution in [0, 0.1) is 50.2 Å². The molecule has 0 spiro atoms. The summed E-state index contributed by atoms with van der Waals surface area (Å²) in [7, 11) is 0. The van der Waals surface area contributed by atoms with Gasteiger partial charge in [-0.15, -0.1) is 0 Å². The van der Waals surface area contributed by atoms with Crippen LogP contribution < -0.4 is 0 Å². The molecule has 4 fully saturated rings. The number of hydrogen-bond acceptors (Lipinski definition) is 4. The van der Waals surface area contributed by atoms with Gasteiger partial charge in [-0.2, -0.15) is 0 Å². The highest BCUT2D eigenvalue weighted by Crippen LogP contribution is 2.75. The Balaban J connectivity index is 1.27. The van der Waals surface area contributed by atoms with Crippen molar-refractivity contribution in [2.75, 3.05) is 0 Å². The summed E-state index contributed by atoms with van der Waals surface area (Å²) in [5.74, 6) is -0.209. The number of allylic oxidation sites excluding steroid dienone is 2. The van der Waals surface area contributed by atoms with Gasteiger partial charge in [0.1, 0.15) is 6.10 Å². The first-order valence-corrected chi connectivity index (χ1v) is 18.8. The van der Waals surface area contributed by atoms with E-state index in [1.165, 1.54) is 5.57 Å². The molecule has 0 bridgehead atoms. The Morgan fingerprint density at radius 3 is 2.04 bits per heavy atom. The Kier molecular flexibility index (Phi) is 9.68. The van der Waals surface area contributed by atoms with Gasteiger partial charge in [0.25, 0.3) is 0 Å². The Morgan fingerprint density at radius 1 is 0.761 bits per heavy atom. The molecule has 2 N–H and O–H groups in total. The van der Waals surface area contributed by atoms with Crippen LogP contribution in [0.4, 0.5) is 0 Å². The number of carboxylic acids is 2. The van der Waals surface area contributed by atoms with Crippen molar-refractivity contribution in [3.8, 4) is 0 Å². The summed E-state index contributed by atoms with van der Waals surface area (Å²) in [5, 5.41) is 19.4. The smallest absolute Gasteiger partial charge is 0.310 e. The molecule has 6 nitrogen and oxygen atoms in total. The van der Waals surface area contributed by atoms with Crippen LogP contribution in [0.5, 0.6) is 0 Å². The maximum Gasteiger partial charge on any atom is 0.310 e. The lowest BCUT2D eigenvalue weighted by Crippen LogP contribution is -2.65. The minimum absolute atomic E-state index is 0.0185. The number of carbonyl (C=O) groups is 3. The number of esters is 1.